The van der Waals surface area contributed by atoms with E-state index in [-0.39, 0.29) is 23.6 Å². The monoisotopic (exact) mass is 344 g/mol. The van der Waals surface area contributed by atoms with Crippen molar-refractivity contribution in [3.63, 3.8) is 0 Å². The largest absolute Gasteiger partial charge is 0.327 e. The minimum atomic E-state index is -0.223. The van der Waals surface area contributed by atoms with Gasteiger partial charge in [-0.15, -0.1) is 0 Å². The van der Waals surface area contributed by atoms with Crippen LogP contribution in [0, 0.1) is 0 Å². The zero-order valence-corrected chi connectivity index (χ0v) is 12.8. The summed E-state index contributed by atoms with van der Waals surface area (Å²) in [5, 5.41) is 0. The number of hydrogen-bond donors (Lipinski definition) is 1. The molecule has 2 bridgehead atoms. The van der Waals surface area contributed by atoms with Crippen molar-refractivity contribution >= 4 is 21.8 Å². The fraction of sp³-hybridized carbons (Fsp3) is 0.250. The highest BCUT2D eigenvalue weighted by Gasteiger charge is 2.46. The molecule has 0 saturated carbocycles. The van der Waals surface area contributed by atoms with E-state index in [0.29, 0.717) is 10.0 Å². The summed E-state index contributed by atoms with van der Waals surface area (Å²) in [4.78, 5) is 28.8. The van der Waals surface area contributed by atoms with Crippen LogP contribution in [-0.2, 0) is 0 Å². The smallest absolute Gasteiger partial charge is 0.262 e. The Kier molecular flexibility index (Phi) is 2.79. The number of benzene rings is 1. The number of H-pyrrole nitrogens is 1. The lowest BCUT2D eigenvalue weighted by Crippen LogP contribution is -2.28. The molecule has 1 amide bonds. The number of aromatic nitrogens is 1. The lowest BCUT2D eigenvalue weighted by atomic mass is 9.92. The molecule has 1 aromatic carbocycles. The highest BCUT2D eigenvalue weighted by atomic mass is 79.9. The maximum Gasteiger partial charge on any atom is 0.262 e. The predicted octanol–water partition coefficient (Wildman–Crippen LogP) is 3.17. The van der Waals surface area contributed by atoms with E-state index in [0.717, 1.165) is 12.8 Å². The van der Waals surface area contributed by atoms with Gasteiger partial charge in [-0.2, -0.15) is 0 Å². The van der Waals surface area contributed by atoms with Crippen molar-refractivity contribution in [3.05, 3.63) is 68.0 Å². The maximum atomic E-state index is 12.8. The van der Waals surface area contributed by atoms with Gasteiger partial charge in [-0.05, 0) is 46.0 Å². The van der Waals surface area contributed by atoms with Crippen molar-refractivity contribution in [2.75, 3.05) is 0 Å². The van der Waals surface area contributed by atoms with Gasteiger partial charge in [0, 0.05) is 6.20 Å². The van der Waals surface area contributed by atoms with E-state index in [1.807, 2.05) is 17.0 Å². The van der Waals surface area contributed by atoms with Gasteiger partial charge >= 0.3 is 0 Å². The lowest BCUT2D eigenvalue weighted by Gasteiger charge is -2.22. The van der Waals surface area contributed by atoms with Crippen molar-refractivity contribution in [3.8, 4) is 0 Å². The minimum Gasteiger partial charge on any atom is -0.327 e. The van der Waals surface area contributed by atoms with E-state index in [9.17, 15) is 9.59 Å². The van der Waals surface area contributed by atoms with Crippen molar-refractivity contribution in [2.24, 2.45) is 0 Å². The van der Waals surface area contributed by atoms with Crippen LogP contribution in [0.25, 0.3) is 0 Å². The molecule has 1 saturated heterocycles. The molecule has 0 spiro atoms. The quantitative estimate of drug-likeness (QED) is 0.863. The first-order valence-electron chi connectivity index (χ1n) is 6.96. The van der Waals surface area contributed by atoms with Crippen LogP contribution in [0.5, 0.6) is 0 Å². The number of nitrogens with zero attached hydrogens (tertiary/aromatic N) is 1. The van der Waals surface area contributed by atoms with Gasteiger partial charge in [-0.25, -0.2) is 0 Å². The Morgan fingerprint density at radius 1 is 1.19 bits per heavy atom. The van der Waals surface area contributed by atoms with Crippen LogP contribution in [-0.4, -0.2) is 15.8 Å². The van der Waals surface area contributed by atoms with E-state index in [1.54, 1.807) is 6.07 Å². The highest BCUT2D eigenvalue weighted by Crippen LogP contribution is 2.53. The predicted molar refractivity (Wildman–Crippen MR) is 82.1 cm³/mol. The molecule has 2 atom stereocenters. The molecule has 0 aliphatic carbocycles. The molecule has 4 rings (SSSR count). The summed E-state index contributed by atoms with van der Waals surface area (Å²) < 4.78 is 0.386. The highest BCUT2D eigenvalue weighted by molar-refractivity contribution is 9.10. The van der Waals surface area contributed by atoms with Gasteiger partial charge in [-0.1, -0.05) is 24.3 Å². The summed E-state index contributed by atoms with van der Waals surface area (Å²) in [6.45, 7) is 0. The first kappa shape index (κ1) is 12.8. The molecule has 21 heavy (non-hydrogen) atoms. The number of carbonyl (C=O) groups is 1. The number of nitrogens with one attached hydrogen (secondary N) is 1. The second kappa shape index (κ2) is 4.56. The third-order valence-electron chi connectivity index (χ3n) is 4.44. The molecule has 5 heteroatoms. The summed E-state index contributed by atoms with van der Waals surface area (Å²) in [6, 6.07) is 10.2. The molecule has 2 aliphatic heterocycles. The van der Waals surface area contributed by atoms with Gasteiger partial charge in [-0.3, -0.25) is 9.59 Å². The van der Waals surface area contributed by atoms with E-state index in [1.165, 1.54) is 17.3 Å². The molecule has 1 aromatic heterocycles. The minimum absolute atomic E-state index is 0.0179. The van der Waals surface area contributed by atoms with Gasteiger partial charge in [0.25, 0.3) is 11.5 Å². The molecular weight excluding hydrogens is 332 g/mol. The maximum absolute atomic E-state index is 12.8. The van der Waals surface area contributed by atoms with Crippen LogP contribution < -0.4 is 5.56 Å². The number of hydrogen-bond acceptors (Lipinski definition) is 2. The zero-order chi connectivity index (χ0) is 14.6. The number of pyridine rings is 1. The van der Waals surface area contributed by atoms with E-state index >= 15 is 0 Å². The van der Waals surface area contributed by atoms with Crippen molar-refractivity contribution in [1.29, 1.82) is 0 Å². The van der Waals surface area contributed by atoms with E-state index < -0.39 is 0 Å². The topological polar surface area (TPSA) is 53.2 Å². The molecule has 0 radical (unpaired) electrons. The number of carbonyl (C=O) groups excluding carboxylic acids is 1. The third-order valence-corrected chi connectivity index (χ3v) is 5.03. The zero-order valence-electron chi connectivity index (χ0n) is 11.2. The number of rotatable bonds is 1. The van der Waals surface area contributed by atoms with Crippen molar-refractivity contribution in [2.45, 2.75) is 24.9 Å². The second-order valence-corrected chi connectivity index (χ2v) is 6.37. The Balaban J connectivity index is 1.74. The van der Waals surface area contributed by atoms with E-state index in [4.69, 9.17) is 0 Å². The van der Waals surface area contributed by atoms with Crippen LogP contribution in [0.2, 0.25) is 0 Å². The Morgan fingerprint density at radius 2 is 1.81 bits per heavy atom. The van der Waals surface area contributed by atoms with Crippen LogP contribution in [0.3, 0.4) is 0 Å². The summed E-state index contributed by atoms with van der Waals surface area (Å²) in [6.07, 6.45) is 3.52. The molecule has 2 aliphatic rings. The molecule has 1 fully saturated rings. The normalized spacial score (nSPS) is 22.4. The Bertz CT molecular complexity index is 768. The Hall–Kier alpha value is -1.88. The summed E-state index contributed by atoms with van der Waals surface area (Å²) in [5.74, 6) is -0.0179. The summed E-state index contributed by atoms with van der Waals surface area (Å²) in [5.41, 5.74) is 2.83. The van der Waals surface area contributed by atoms with Crippen molar-refractivity contribution in [1.82, 2.24) is 9.88 Å². The first-order valence-corrected chi connectivity index (χ1v) is 7.76. The molecule has 2 aromatic rings. The van der Waals surface area contributed by atoms with Gasteiger partial charge in [0.15, 0.2) is 0 Å². The van der Waals surface area contributed by atoms with Crippen molar-refractivity contribution < 1.29 is 4.79 Å². The van der Waals surface area contributed by atoms with Crippen LogP contribution >= 0.6 is 15.9 Å². The molecule has 3 heterocycles. The van der Waals surface area contributed by atoms with E-state index in [2.05, 4.69) is 33.0 Å². The van der Waals surface area contributed by atoms with Gasteiger partial charge in [0.2, 0.25) is 0 Å². The van der Waals surface area contributed by atoms with Gasteiger partial charge in [0.05, 0.1) is 22.1 Å². The summed E-state index contributed by atoms with van der Waals surface area (Å²) >= 11 is 3.18. The number of aromatic amines is 1. The molecule has 1 N–H and O–H groups in total. The van der Waals surface area contributed by atoms with Gasteiger partial charge in [0.1, 0.15) is 0 Å². The Labute approximate surface area is 129 Å². The second-order valence-electron chi connectivity index (χ2n) is 5.52. The van der Waals surface area contributed by atoms with Crippen LogP contribution in [0.4, 0.5) is 0 Å². The molecular formula is C16H13BrN2O2. The fourth-order valence-corrected chi connectivity index (χ4v) is 3.91. The molecule has 2 unspecified atom stereocenters. The number of halogens is 1. The standard InChI is InChI=1S/C16H13BrN2O2/c17-12-7-9(8-18-15(12)20)16(21)19-13-5-6-14(19)11-4-2-1-3-10(11)13/h1-4,7-8,13-14H,5-6H2,(H,18,20). The van der Waals surface area contributed by atoms with Gasteiger partial charge < -0.3 is 9.88 Å². The number of amides is 1. The first-order chi connectivity index (χ1) is 10.2. The van der Waals surface area contributed by atoms with Crippen LogP contribution in [0.1, 0.15) is 46.4 Å². The Morgan fingerprint density at radius 3 is 2.38 bits per heavy atom. The van der Waals surface area contributed by atoms with Crippen LogP contribution in [0.15, 0.2) is 45.8 Å². The molecule has 4 nitrogen and oxygen atoms in total. The fourth-order valence-electron chi connectivity index (χ4n) is 3.55. The third kappa shape index (κ3) is 1.80. The average Bonchev–Trinajstić information content (AvgIpc) is 3.06. The lowest BCUT2D eigenvalue weighted by molar-refractivity contribution is 0.0696. The average molecular weight is 345 g/mol. The number of fused-ring (bicyclic) bond motifs is 5. The molecule has 106 valence electrons. The SMILES string of the molecule is O=C(c1c[nH]c(=O)c(Br)c1)N1C2CCC1c1ccccc12. The summed E-state index contributed by atoms with van der Waals surface area (Å²) in [7, 11) is 0.